The Morgan fingerprint density at radius 1 is 1.22 bits per heavy atom. The lowest BCUT2D eigenvalue weighted by molar-refractivity contribution is 0.0740. The van der Waals surface area contributed by atoms with Gasteiger partial charge in [0.2, 0.25) is 0 Å². The predicted molar refractivity (Wildman–Crippen MR) is 86.0 cm³/mol. The van der Waals surface area contributed by atoms with Crippen LogP contribution in [0.15, 0.2) is 41.5 Å². The first-order chi connectivity index (χ1) is 11.2. The maximum Gasteiger partial charge on any atom is 0.272 e. The number of nitrogens with zero attached hydrogens (tertiary/aromatic N) is 3. The van der Waals surface area contributed by atoms with Gasteiger partial charge < -0.3 is 19.5 Å². The molecule has 7 nitrogen and oxygen atoms in total. The Labute approximate surface area is 133 Å². The zero-order valence-corrected chi connectivity index (χ0v) is 12.9. The number of benzene rings is 1. The van der Waals surface area contributed by atoms with E-state index in [9.17, 15) is 9.59 Å². The van der Waals surface area contributed by atoms with Crippen LogP contribution in [-0.4, -0.2) is 54.1 Å². The van der Waals surface area contributed by atoms with Crippen LogP contribution in [0.3, 0.4) is 0 Å². The van der Waals surface area contributed by atoms with Gasteiger partial charge in [0.05, 0.1) is 13.4 Å². The summed E-state index contributed by atoms with van der Waals surface area (Å²) >= 11 is 0. The quantitative estimate of drug-likeness (QED) is 0.904. The number of H-pyrrole nitrogens is 1. The molecule has 0 spiro atoms. The van der Waals surface area contributed by atoms with E-state index in [0.717, 1.165) is 24.5 Å². The van der Waals surface area contributed by atoms with Crippen LogP contribution in [0.25, 0.3) is 0 Å². The molecule has 0 atom stereocenters. The van der Waals surface area contributed by atoms with Crippen LogP contribution in [0, 0.1) is 0 Å². The number of amides is 1. The molecule has 120 valence electrons. The van der Waals surface area contributed by atoms with Crippen molar-refractivity contribution in [2.45, 2.75) is 0 Å². The first kappa shape index (κ1) is 15.1. The van der Waals surface area contributed by atoms with Gasteiger partial charge in [-0.05, 0) is 12.1 Å². The summed E-state index contributed by atoms with van der Waals surface area (Å²) in [4.78, 5) is 33.9. The molecule has 1 fully saturated rings. The second-order valence-corrected chi connectivity index (χ2v) is 5.28. The highest BCUT2D eigenvalue weighted by Gasteiger charge is 2.23. The third-order valence-electron chi connectivity index (χ3n) is 3.88. The molecule has 2 heterocycles. The maximum absolute atomic E-state index is 12.4. The molecule has 1 aliphatic rings. The van der Waals surface area contributed by atoms with Gasteiger partial charge in [-0.3, -0.25) is 9.59 Å². The Hall–Kier alpha value is -2.83. The molecule has 2 aromatic rings. The van der Waals surface area contributed by atoms with Crippen LogP contribution in [-0.2, 0) is 0 Å². The number of hydrogen-bond acceptors (Lipinski definition) is 5. The lowest BCUT2D eigenvalue weighted by Gasteiger charge is -2.36. The zero-order valence-electron chi connectivity index (χ0n) is 12.9. The van der Waals surface area contributed by atoms with Crippen molar-refractivity contribution in [3.63, 3.8) is 0 Å². The van der Waals surface area contributed by atoms with E-state index in [1.807, 2.05) is 24.3 Å². The van der Waals surface area contributed by atoms with E-state index < -0.39 is 0 Å². The van der Waals surface area contributed by atoms with E-state index in [1.54, 1.807) is 12.0 Å². The molecule has 1 aromatic carbocycles. The highest BCUT2D eigenvalue weighted by Crippen LogP contribution is 2.22. The summed E-state index contributed by atoms with van der Waals surface area (Å²) in [7, 11) is 1.64. The lowest BCUT2D eigenvalue weighted by Crippen LogP contribution is -2.49. The third-order valence-corrected chi connectivity index (χ3v) is 3.88. The molecule has 1 aromatic heterocycles. The first-order valence-electron chi connectivity index (χ1n) is 7.40. The molecule has 1 amide bonds. The molecule has 7 heteroatoms. The molecule has 0 bridgehead atoms. The molecule has 3 rings (SSSR count). The predicted octanol–water partition coefficient (Wildman–Crippen LogP) is 0.741. The summed E-state index contributed by atoms with van der Waals surface area (Å²) in [5, 5.41) is 0. The molecule has 23 heavy (non-hydrogen) atoms. The van der Waals surface area contributed by atoms with Gasteiger partial charge in [-0.2, -0.15) is 0 Å². The van der Waals surface area contributed by atoms with Crippen LogP contribution in [0.5, 0.6) is 5.75 Å². The van der Waals surface area contributed by atoms with Crippen molar-refractivity contribution in [1.29, 1.82) is 0 Å². The average Bonchev–Trinajstić information content (AvgIpc) is 2.61. The van der Waals surface area contributed by atoms with Gasteiger partial charge >= 0.3 is 0 Å². The molecular formula is C16H18N4O3. The molecule has 1 saturated heterocycles. The standard InChI is InChI=1S/C16H18N4O3/c1-23-13-4-2-3-12(9-13)19-5-7-20(8-6-19)16(22)14-10-15(21)18-11-17-14/h2-4,9-11H,5-8H2,1H3,(H,17,18,21). The number of carbonyl (C=O) groups excluding carboxylic acids is 1. The number of methoxy groups -OCH3 is 1. The fourth-order valence-corrected chi connectivity index (χ4v) is 2.62. The molecule has 1 aliphatic heterocycles. The summed E-state index contributed by atoms with van der Waals surface area (Å²) < 4.78 is 5.24. The summed E-state index contributed by atoms with van der Waals surface area (Å²) in [6.07, 6.45) is 1.25. The SMILES string of the molecule is COc1cccc(N2CCN(C(=O)c3cc(=O)[nH]cn3)CC2)c1. The molecule has 0 aliphatic carbocycles. The maximum atomic E-state index is 12.4. The summed E-state index contributed by atoms with van der Waals surface area (Å²) in [5.41, 5.74) is 0.938. The van der Waals surface area contributed by atoms with Crippen LogP contribution in [0.4, 0.5) is 5.69 Å². The number of rotatable bonds is 3. The second kappa shape index (κ2) is 6.51. The number of aromatic nitrogens is 2. The summed E-state index contributed by atoms with van der Waals surface area (Å²) in [6, 6.07) is 9.10. The van der Waals surface area contributed by atoms with Crippen molar-refractivity contribution in [2.75, 3.05) is 38.2 Å². The van der Waals surface area contributed by atoms with Crippen molar-refractivity contribution >= 4 is 11.6 Å². The Bertz CT molecular complexity index is 751. The number of aromatic amines is 1. The van der Waals surface area contributed by atoms with Crippen molar-refractivity contribution < 1.29 is 9.53 Å². The zero-order chi connectivity index (χ0) is 16.2. The van der Waals surface area contributed by atoms with Crippen LogP contribution in [0.2, 0.25) is 0 Å². The molecule has 1 N–H and O–H groups in total. The summed E-state index contributed by atoms with van der Waals surface area (Å²) in [6.45, 7) is 2.62. The Balaban J connectivity index is 1.66. The van der Waals surface area contributed by atoms with E-state index in [0.29, 0.717) is 13.1 Å². The van der Waals surface area contributed by atoms with E-state index in [-0.39, 0.29) is 17.2 Å². The molecular weight excluding hydrogens is 296 g/mol. The van der Waals surface area contributed by atoms with Gasteiger partial charge in [0.25, 0.3) is 11.5 Å². The topological polar surface area (TPSA) is 78.5 Å². The fraction of sp³-hybridized carbons (Fsp3) is 0.312. The third kappa shape index (κ3) is 3.33. The van der Waals surface area contributed by atoms with Gasteiger partial charge in [-0.15, -0.1) is 0 Å². The average molecular weight is 314 g/mol. The highest BCUT2D eigenvalue weighted by molar-refractivity contribution is 5.92. The molecule has 0 radical (unpaired) electrons. The van der Waals surface area contributed by atoms with Crippen molar-refractivity contribution in [2.24, 2.45) is 0 Å². The lowest BCUT2D eigenvalue weighted by atomic mass is 10.2. The number of nitrogens with one attached hydrogen (secondary N) is 1. The largest absolute Gasteiger partial charge is 0.497 e. The smallest absolute Gasteiger partial charge is 0.272 e. The fourth-order valence-electron chi connectivity index (χ4n) is 2.62. The van der Waals surface area contributed by atoms with Crippen LogP contribution >= 0.6 is 0 Å². The van der Waals surface area contributed by atoms with Gasteiger partial charge in [-0.1, -0.05) is 6.07 Å². The number of anilines is 1. The van der Waals surface area contributed by atoms with Crippen molar-refractivity contribution in [1.82, 2.24) is 14.9 Å². The van der Waals surface area contributed by atoms with E-state index in [2.05, 4.69) is 14.9 Å². The summed E-state index contributed by atoms with van der Waals surface area (Å²) in [5.74, 6) is 0.607. The number of hydrogen-bond donors (Lipinski definition) is 1. The normalized spacial score (nSPS) is 14.7. The number of carbonyl (C=O) groups is 1. The van der Waals surface area contributed by atoms with E-state index in [4.69, 9.17) is 4.74 Å². The van der Waals surface area contributed by atoms with Gasteiger partial charge in [0, 0.05) is 44.0 Å². The van der Waals surface area contributed by atoms with Gasteiger partial charge in [0.15, 0.2) is 0 Å². The minimum Gasteiger partial charge on any atom is -0.497 e. The van der Waals surface area contributed by atoms with E-state index in [1.165, 1.54) is 12.4 Å². The first-order valence-corrected chi connectivity index (χ1v) is 7.40. The minimum atomic E-state index is -0.321. The van der Waals surface area contributed by atoms with Gasteiger partial charge in [0.1, 0.15) is 11.4 Å². The molecule has 0 saturated carbocycles. The van der Waals surface area contributed by atoms with Crippen LogP contribution < -0.4 is 15.2 Å². The monoisotopic (exact) mass is 314 g/mol. The highest BCUT2D eigenvalue weighted by atomic mass is 16.5. The Morgan fingerprint density at radius 3 is 2.70 bits per heavy atom. The van der Waals surface area contributed by atoms with Crippen LogP contribution in [0.1, 0.15) is 10.5 Å². The van der Waals surface area contributed by atoms with E-state index >= 15 is 0 Å². The second-order valence-electron chi connectivity index (χ2n) is 5.28. The number of piperazine rings is 1. The van der Waals surface area contributed by atoms with Gasteiger partial charge in [-0.25, -0.2) is 4.98 Å². The minimum absolute atomic E-state index is 0.184. The Morgan fingerprint density at radius 2 is 2.00 bits per heavy atom. The van der Waals surface area contributed by atoms with Crippen molar-refractivity contribution in [3.05, 3.63) is 52.7 Å². The number of ether oxygens (including phenoxy) is 1. The van der Waals surface area contributed by atoms with Crippen molar-refractivity contribution in [3.8, 4) is 5.75 Å². The molecule has 0 unspecified atom stereocenters. The Kier molecular flexibility index (Phi) is 4.27.